The Morgan fingerprint density at radius 2 is 1.69 bits per heavy atom. The maximum absolute atomic E-state index is 12.8. The monoisotopic (exact) mass is 389 g/mol. The molecule has 0 radical (unpaired) electrons. The van der Waals surface area contributed by atoms with Crippen molar-refractivity contribution in [2.45, 2.75) is 39.2 Å². The van der Waals surface area contributed by atoms with Crippen LogP contribution >= 0.6 is 0 Å². The molecule has 4 nitrogen and oxygen atoms in total. The highest BCUT2D eigenvalue weighted by Crippen LogP contribution is 2.34. The van der Waals surface area contributed by atoms with Gasteiger partial charge in [0, 0.05) is 37.1 Å². The Kier molecular flexibility index (Phi) is 5.46. The predicted molar refractivity (Wildman–Crippen MR) is 119 cm³/mol. The number of carbonyl (C=O) groups excluding carboxylic acids is 1. The number of piperidine rings is 1. The summed E-state index contributed by atoms with van der Waals surface area (Å²) in [5, 5.41) is 1.16. The molecule has 29 heavy (non-hydrogen) atoms. The lowest BCUT2D eigenvalue weighted by Gasteiger charge is -2.33. The van der Waals surface area contributed by atoms with Crippen molar-refractivity contribution in [2.24, 2.45) is 0 Å². The molecule has 1 aliphatic rings. The van der Waals surface area contributed by atoms with Crippen LogP contribution in [0.25, 0.3) is 10.9 Å². The van der Waals surface area contributed by atoms with Gasteiger partial charge < -0.3 is 9.88 Å². The molecule has 152 valence electrons. The van der Waals surface area contributed by atoms with Crippen LogP contribution in [0.2, 0.25) is 0 Å². The minimum Gasteiger partial charge on any atom is -0.350 e. The number of likely N-dealkylation sites (tertiary alicyclic amines) is 1. The van der Waals surface area contributed by atoms with E-state index in [1.165, 1.54) is 24.0 Å². The van der Waals surface area contributed by atoms with Gasteiger partial charge >= 0.3 is 0 Å². The number of aryl methyl sites for hydroxylation is 2. The Hall–Kier alpha value is -2.59. The first kappa shape index (κ1) is 19.7. The highest BCUT2D eigenvalue weighted by Gasteiger charge is 2.26. The zero-order chi connectivity index (χ0) is 20.5. The van der Waals surface area contributed by atoms with Gasteiger partial charge in [0.15, 0.2) is 0 Å². The fraction of sp³-hybridized carbons (Fsp3) is 0.400. The van der Waals surface area contributed by atoms with E-state index in [1.807, 2.05) is 20.2 Å². The van der Waals surface area contributed by atoms with E-state index in [1.54, 1.807) is 10.5 Å². The number of rotatable bonds is 4. The van der Waals surface area contributed by atoms with Crippen LogP contribution in [0.15, 0.2) is 42.5 Å². The third-order valence-electron chi connectivity index (χ3n) is 6.35. The van der Waals surface area contributed by atoms with Crippen LogP contribution in [-0.2, 0) is 6.54 Å². The molecular weight excluding hydrogens is 358 g/mol. The summed E-state index contributed by atoms with van der Waals surface area (Å²) in [4.78, 5) is 20.3. The van der Waals surface area contributed by atoms with E-state index in [9.17, 15) is 4.79 Å². The van der Waals surface area contributed by atoms with Gasteiger partial charge in [-0.3, -0.25) is 9.69 Å². The van der Waals surface area contributed by atoms with Crippen LogP contribution in [0.1, 0.15) is 51.5 Å². The zero-order valence-corrected chi connectivity index (χ0v) is 18.0. The fourth-order valence-corrected chi connectivity index (χ4v) is 4.85. The number of nitrogens with one attached hydrogen (secondary N) is 1. The van der Waals surface area contributed by atoms with Crippen LogP contribution < -0.4 is 0 Å². The van der Waals surface area contributed by atoms with E-state index < -0.39 is 0 Å². The van der Waals surface area contributed by atoms with Crippen molar-refractivity contribution < 1.29 is 4.79 Å². The molecule has 0 bridgehead atoms. The third kappa shape index (κ3) is 3.82. The average molecular weight is 390 g/mol. The molecule has 1 aromatic heterocycles. The summed E-state index contributed by atoms with van der Waals surface area (Å²) in [5.74, 6) is 0.680. The number of aromatic amines is 1. The Morgan fingerprint density at radius 1 is 1.03 bits per heavy atom. The highest BCUT2D eigenvalue weighted by molar-refractivity contribution is 6.00. The Balaban J connectivity index is 1.55. The van der Waals surface area contributed by atoms with Crippen LogP contribution in [0, 0.1) is 13.8 Å². The van der Waals surface area contributed by atoms with Crippen LogP contribution in [-0.4, -0.2) is 47.9 Å². The predicted octanol–water partition coefficient (Wildman–Crippen LogP) is 4.87. The summed E-state index contributed by atoms with van der Waals surface area (Å²) in [5.41, 5.74) is 7.27. The van der Waals surface area contributed by atoms with Crippen molar-refractivity contribution in [3.05, 3.63) is 70.4 Å². The number of nitrogens with zero attached hydrogens (tertiary/aromatic N) is 2. The fourth-order valence-electron chi connectivity index (χ4n) is 4.85. The first-order chi connectivity index (χ1) is 14.0. The first-order valence-electron chi connectivity index (χ1n) is 10.6. The lowest BCUT2D eigenvalue weighted by molar-refractivity contribution is 0.0820. The van der Waals surface area contributed by atoms with Gasteiger partial charge in [0.25, 0.3) is 5.91 Å². The largest absolute Gasteiger partial charge is 0.350 e. The van der Waals surface area contributed by atoms with Gasteiger partial charge in [-0.05, 0) is 68.5 Å². The quantitative estimate of drug-likeness (QED) is 0.692. The number of fused-ring (bicyclic) bond motifs is 1. The molecule has 4 heteroatoms. The van der Waals surface area contributed by atoms with Gasteiger partial charge in [-0.15, -0.1) is 0 Å². The number of hydrogen-bond acceptors (Lipinski definition) is 2. The van der Waals surface area contributed by atoms with Gasteiger partial charge in [0.2, 0.25) is 0 Å². The van der Waals surface area contributed by atoms with Crippen molar-refractivity contribution in [3.63, 3.8) is 0 Å². The number of hydrogen-bond donors (Lipinski definition) is 1. The molecule has 0 aliphatic carbocycles. The SMILES string of the molecule is Cc1cccc(C)c1C1CCN(Cc2c(C(=O)N(C)C)[nH]c3ccccc23)CC1. The second kappa shape index (κ2) is 8.03. The number of carbonyl (C=O) groups is 1. The van der Waals surface area contributed by atoms with E-state index in [-0.39, 0.29) is 5.91 Å². The normalized spacial score (nSPS) is 15.7. The summed E-state index contributed by atoms with van der Waals surface area (Å²) in [6.07, 6.45) is 2.34. The Bertz CT molecular complexity index is 1010. The van der Waals surface area contributed by atoms with Crippen molar-refractivity contribution in [1.82, 2.24) is 14.8 Å². The average Bonchev–Trinajstić information content (AvgIpc) is 3.07. The lowest BCUT2D eigenvalue weighted by Crippen LogP contribution is -2.33. The zero-order valence-electron chi connectivity index (χ0n) is 18.0. The first-order valence-corrected chi connectivity index (χ1v) is 10.6. The standard InChI is InChI=1S/C25H31N3O/c1-17-8-7-9-18(2)23(17)19-12-14-28(15-13-19)16-21-20-10-5-6-11-22(20)26-24(21)25(29)27(3)4/h5-11,19,26H,12-16H2,1-4H3. The lowest BCUT2D eigenvalue weighted by atomic mass is 9.84. The van der Waals surface area contributed by atoms with Crippen LogP contribution in [0.3, 0.4) is 0 Å². The minimum absolute atomic E-state index is 0.0432. The van der Waals surface area contributed by atoms with Crippen molar-refractivity contribution >= 4 is 16.8 Å². The number of para-hydroxylation sites is 1. The molecule has 1 amide bonds. The molecule has 2 heterocycles. The van der Waals surface area contributed by atoms with Gasteiger partial charge in [-0.2, -0.15) is 0 Å². The molecule has 1 saturated heterocycles. The van der Waals surface area contributed by atoms with Gasteiger partial charge in [-0.1, -0.05) is 36.4 Å². The van der Waals surface area contributed by atoms with Crippen LogP contribution in [0.4, 0.5) is 0 Å². The number of amides is 1. The summed E-state index contributed by atoms with van der Waals surface area (Å²) in [6, 6.07) is 14.9. The van der Waals surface area contributed by atoms with Gasteiger partial charge in [0.1, 0.15) is 5.69 Å². The van der Waals surface area contributed by atoms with Crippen molar-refractivity contribution in [3.8, 4) is 0 Å². The summed E-state index contributed by atoms with van der Waals surface area (Å²) in [6.45, 7) is 7.42. The van der Waals surface area contributed by atoms with Gasteiger partial charge in [0.05, 0.1) is 0 Å². The molecule has 1 N–H and O–H groups in total. The molecule has 2 aromatic carbocycles. The Morgan fingerprint density at radius 3 is 2.34 bits per heavy atom. The second-order valence-electron chi connectivity index (χ2n) is 8.58. The molecule has 0 atom stereocenters. The maximum atomic E-state index is 12.8. The Labute approximate surface area is 173 Å². The van der Waals surface area contributed by atoms with Gasteiger partial charge in [-0.25, -0.2) is 0 Å². The molecule has 0 unspecified atom stereocenters. The van der Waals surface area contributed by atoms with E-state index in [4.69, 9.17) is 0 Å². The third-order valence-corrected chi connectivity index (χ3v) is 6.35. The minimum atomic E-state index is 0.0432. The molecule has 3 aromatic rings. The summed E-state index contributed by atoms with van der Waals surface area (Å²) < 4.78 is 0. The van der Waals surface area contributed by atoms with Crippen LogP contribution in [0.5, 0.6) is 0 Å². The number of benzene rings is 2. The highest BCUT2D eigenvalue weighted by atomic mass is 16.2. The van der Waals surface area contributed by atoms with E-state index in [0.717, 1.165) is 41.8 Å². The number of H-pyrrole nitrogens is 1. The maximum Gasteiger partial charge on any atom is 0.270 e. The topological polar surface area (TPSA) is 39.3 Å². The summed E-state index contributed by atoms with van der Waals surface area (Å²) >= 11 is 0. The van der Waals surface area contributed by atoms with E-state index in [0.29, 0.717) is 5.92 Å². The number of aromatic nitrogens is 1. The molecular formula is C25H31N3O. The summed E-state index contributed by atoms with van der Waals surface area (Å²) in [7, 11) is 3.63. The molecule has 0 saturated carbocycles. The molecule has 4 rings (SSSR count). The van der Waals surface area contributed by atoms with Crippen molar-refractivity contribution in [2.75, 3.05) is 27.2 Å². The smallest absolute Gasteiger partial charge is 0.270 e. The second-order valence-corrected chi connectivity index (χ2v) is 8.58. The molecule has 1 aliphatic heterocycles. The molecule has 0 spiro atoms. The molecule has 1 fully saturated rings. The van der Waals surface area contributed by atoms with E-state index >= 15 is 0 Å². The van der Waals surface area contributed by atoms with Crippen molar-refractivity contribution in [1.29, 1.82) is 0 Å². The van der Waals surface area contributed by atoms with E-state index in [2.05, 4.69) is 60.1 Å².